The Bertz CT molecular complexity index is 690. The minimum absolute atomic E-state index is 0.111. The molecule has 23 heavy (non-hydrogen) atoms. The van der Waals surface area contributed by atoms with Crippen LogP contribution in [0.25, 0.3) is 0 Å². The number of methoxy groups -OCH3 is 1. The minimum atomic E-state index is -0.601. The van der Waals surface area contributed by atoms with Gasteiger partial charge >= 0.3 is 0 Å². The van der Waals surface area contributed by atoms with E-state index in [1.165, 1.54) is 12.1 Å². The molecule has 1 aliphatic rings. The zero-order valence-corrected chi connectivity index (χ0v) is 13.0. The number of benzene rings is 2. The van der Waals surface area contributed by atoms with E-state index in [2.05, 4.69) is 5.32 Å². The summed E-state index contributed by atoms with van der Waals surface area (Å²) < 4.78 is 24.5. The van der Waals surface area contributed by atoms with Gasteiger partial charge in [0.2, 0.25) is 0 Å². The van der Waals surface area contributed by atoms with Crippen LogP contribution in [0.4, 0.5) is 4.39 Å². The van der Waals surface area contributed by atoms with Gasteiger partial charge in [-0.15, -0.1) is 0 Å². The van der Waals surface area contributed by atoms with E-state index in [1.54, 1.807) is 13.2 Å². The summed E-state index contributed by atoms with van der Waals surface area (Å²) in [7, 11) is 1.64. The number of phenolic OH excluding ortho intramolecular Hbond substituents is 1. The molecular formula is C18H20FNO3. The van der Waals surface area contributed by atoms with Crippen LogP contribution in [0.3, 0.4) is 0 Å². The summed E-state index contributed by atoms with van der Waals surface area (Å²) in [6.07, 6.45) is 1.87. The maximum absolute atomic E-state index is 13.4. The molecule has 2 aromatic carbocycles. The van der Waals surface area contributed by atoms with E-state index < -0.39 is 5.82 Å². The van der Waals surface area contributed by atoms with Crippen LogP contribution >= 0.6 is 0 Å². The third-order valence-corrected chi connectivity index (χ3v) is 4.05. The third kappa shape index (κ3) is 3.56. The van der Waals surface area contributed by atoms with Crippen molar-refractivity contribution >= 4 is 0 Å². The Hall–Kier alpha value is -2.27. The summed E-state index contributed by atoms with van der Waals surface area (Å²) in [6.45, 7) is 1.20. The van der Waals surface area contributed by atoms with Gasteiger partial charge in [0, 0.05) is 18.2 Å². The number of fused-ring (bicyclic) bond motifs is 1. The van der Waals surface area contributed by atoms with E-state index in [0.717, 1.165) is 35.5 Å². The smallest absolute Gasteiger partial charge is 0.165 e. The molecule has 122 valence electrons. The van der Waals surface area contributed by atoms with E-state index in [4.69, 9.17) is 9.47 Å². The molecule has 5 heteroatoms. The predicted octanol–water partition coefficient (Wildman–Crippen LogP) is 3.54. The third-order valence-electron chi connectivity index (χ3n) is 4.05. The Balaban J connectivity index is 1.78. The number of nitrogens with one attached hydrogen (secondary N) is 1. The summed E-state index contributed by atoms with van der Waals surface area (Å²) in [4.78, 5) is 0. The minimum Gasteiger partial charge on any atom is -0.505 e. The standard InChI is InChI=1S/C18H20FNO3/c1-22-13-5-7-18-14(10-13)16(3-2-8-23-18)20-11-12-4-6-17(21)15(19)9-12/h4-7,9-10,16,20-21H,2-3,8,11H2,1H3/t16-/m1/s1. The van der Waals surface area contributed by atoms with Crippen LogP contribution in [0.2, 0.25) is 0 Å². The molecule has 0 bridgehead atoms. The average Bonchev–Trinajstić information content (AvgIpc) is 2.77. The Morgan fingerprint density at radius 3 is 2.96 bits per heavy atom. The lowest BCUT2D eigenvalue weighted by Crippen LogP contribution is -2.20. The second-order valence-electron chi connectivity index (χ2n) is 5.61. The van der Waals surface area contributed by atoms with Crippen LogP contribution in [0.5, 0.6) is 17.2 Å². The fourth-order valence-corrected chi connectivity index (χ4v) is 2.80. The van der Waals surface area contributed by atoms with Crippen molar-refractivity contribution < 1.29 is 19.0 Å². The number of aromatic hydroxyl groups is 1. The molecule has 0 unspecified atom stereocenters. The van der Waals surface area contributed by atoms with Crippen molar-refractivity contribution in [3.8, 4) is 17.2 Å². The summed E-state index contributed by atoms with van der Waals surface area (Å²) in [5.74, 6) is 0.719. The van der Waals surface area contributed by atoms with Gasteiger partial charge in [-0.2, -0.15) is 0 Å². The van der Waals surface area contributed by atoms with Gasteiger partial charge in [0.1, 0.15) is 11.5 Å². The molecule has 0 saturated heterocycles. The lowest BCUT2D eigenvalue weighted by atomic mass is 10.0. The predicted molar refractivity (Wildman–Crippen MR) is 85.4 cm³/mol. The molecule has 0 amide bonds. The largest absolute Gasteiger partial charge is 0.505 e. The topological polar surface area (TPSA) is 50.7 Å². The average molecular weight is 317 g/mol. The van der Waals surface area contributed by atoms with Gasteiger partial charge in [-0.1, -0.05) is 6.07 Å². The highest BCUT2D eigenvalue weighted by Gasteiger charge is 2.20. The monoisotopic (exact) mass is 317 g/mol. The number of rotatable bonds is 4. The van der Waals surface area contributed by atoms with Crippen molar-refractivity contribution in [2.75, 3.05) is 13.7 Å². The molecular weight excluding hydrogens is 297 g/mol. The summed E-state index contributed by atoms with van der Waals surface area (Å²) in [5, 5.41) is 12.7. The summed E-state index contributed by atoms with van der Waals surface area (Å²) in [6, 6.07) is 10.3. The van der Waals surface area contributed by atoms with Gasteiger partial charge < -0.3 is 19.9 Å². The first kappa shape index (κ1) is 15.6. The van der Waals surface area contributed by atoms with Crippen LogP contribution < -0.4 is 14.8 Å². The molecule has 4 nitrogen and oxygen atoms in total. The normalized spacial score (nSPS) is 17.0. The van der Waals surface area contributed by atoms with Crippen molar-refractivity contribution in [1.29, 1.82) is 0 Å². The van der Waals surface area contributed by atoms with Crippen LogP contribution in [0.1, 0.15) is 30.0 Å². The number of phenols is 1. The molecule has 0 aromatic heterocycles. The first-order chi connectivity index (χ1) is 11.2. The Labute approximate surface area is 134 Å². The second-order valence-corrected chi connectivity index (χ2v) is 5.61. The van der Waals surface area contributed by atoms with Gasteiger partial charge in [0.15, 0.2) is 11.6 Å². The van der Waals surface area contributed by atoms with Gasteiger partial charge in [0.25, 0.3) is 0 Å². The Morgan fingerprint density at radius 2 is 2.17 bits per heavy atom. The lowest BCUT2D eigenvalue weighted by molar-refractivity contribution is 0.314. The Kier molecular flexibility index (Phi) is 4.67. The quantitative estimate of drug-likeness (QED) is 0.905. The number of hydrogen-bond donors (Lipinski definition) is 2. The molecule has 2 N–H and O–H groups in total. The fraction of sp³-hybridized carbons (Fsp3) is 0.333. The Morgan fingerprint density at radius 1 is 1.30 bits per heavy atom. The highest BCUT2D eigenvalue weighted by Crippen LogP contribution is 2.34. The van der Waals surface area contributed by atoms with E-state index in [0.29, 0.717) is 13.2 Å². The maximum atomic E-state index is 13.4. The lowest BCUT2D eigenvalue weighted by Gasteiger charge is -2.19. The molecule has 1 atom stereocenters. The van der Waals surface area contributed by atoms with E-state index >= 15 is 0 Å². The van der Waals surface area contributed by atoms with Crippen LogP contribution in [-0.2, 0) is 6.54 Å². The van der Waals surface area contributed by atoms with Crippen molar-refractivity contribution in [3.63, 3.8) is 0 Å². The first-order valence-corrected chi connectivity index (χ1v) is 7.69. The maximum Gasteiger partial charge on any atom is 0.165 e. The number of halogens is 1. The van der Waals surface area contributed by atoms with Gasteiger partial charge in [0.05, 0.1) is 13.7 Å². The van der Waals surface area contributed by atoms with Crippen molar-refractivity contribution in [2.24, 2.45) is 0 Å². The fourth-order valence-electron chi connectivity index (χ4n) is 2.80. The number of hydrogen-bond acceptors (Lipinski definition) is 4. The van der Waals surface area contributed by atoms with E-state index in [9.17, 15) is 9.50 Å². The van der Waals surface area contributed by atoms with Gasteiger partial charge in [-0.25, -0.2) is 4.39 Å². The molecule has 1 heterocycles. The summed E-state index contributed by atoms with van der Waals surface area (Å²) >= 11 is 0. The molecule has 2 aromatic rings. The molecule has 0 fully saturated rings. The highest BCUT2D eigenvalue weighted by molar-refractivity contribution is 5.43. The first-order valence-electron chi connectivity index (χ1n) is 7.69. The zero-order valence-electron chi connectivity index (χ0n) is 13.0. The highest BCUT2D eigenvalue weighted by atomic mass is 19.1. The van der Waals surface area contributed by atoms with E-state index in [1.807, 2.05) is 18.2 Å². The second kappa shape index (κ2) is 6.87. The van der Waals surface area contributed by atoms with Crippen LogP contribution in [0.15, 0.2) is 36.4 Å². The molecule has 3 rings (SSSR count). The molecule has 0 saturated carbocycles. The van der Waals surface area contributed by atoms with Gasteiger partial charge in [-0.05, 0) is 48.7 Å². The van der Waals surface area contributed by atoms with Crippen molar-refractivity contribution in [3.05, 3.63) is 53.3 Å². The van der Waals surface area contributed by atoms with Crippen molar-refractivity contribution in [1.82, 2.24) is 5.32 Å². The number of ether oxygens (including phenoxy) is 2. The molecule has 1 aliphatic heterocycles. The van der Waals surface area contributed by atoms with Crippen LogP contribution in [0, 0.1) is 5.82 Å². The molecule has 0 spiro atoms. The van der Waals surface area contributed by atoms with Crippen LogP contribution in [-0.4, -0.2) is 18.8 Å². The van der Waals surface area contributed by atoms with Gasteiger partial charge in [-0.3, -0.25) is 0 Å². The zero-order chi connectivity index (χ0) is 16.2. The van der Waals surface area contributed by atoms with E-state index in [-0.39, 0.29) is 11.8 Å². The molecule has 0 aliphatic carbocycles. The summed E-state index contributed by atoms with van der Waals surface area (Å²) in [5.41, 5.74) is 1.84. The molecule has 0 radical (unpaired) electrons. The van der Waals surface area contributed by atoms with Crippen molar-refractivity contribution in [2.45, 2.75) is 25.4 Å². The SMILES string of the molecule is COc1ccc2c(c1)[C@H](NCc1ccc(O)c(F)c1)CCCO2.